The molecule has 0 aromatic heterocycles. The van der Waals surface area contributed by atoms with Crippen molar-refractivity contribution >= 4 is 17.4 Å². The molecule has 0 heterocycles. The molecule has 2 atom stereocenters. The highest BCUT2D eigenvalue weighted by Crippen LogP contribution is 2.45. The first-order valence-electron chi connectivity index (χ1n) is 8.86. The SMILES string of the molecule is CCC(=O)[C@@](C[C@H](C)N(C)C)(c1ccccc1Cl)c1c(F)c(F)cc(F)c1F. The van der Waals surface area contributed by atoms with Crippen LogP contribution in [0.5, 0.6) is 0 Å². The zero-order chi connectivity index (χ0) is 21.2. The first kappa shape index (κ1) is 22.4. The summed E-state index contributed by atoms with van der Waals surface area (Å²) in [5.41, 5.74) is -2.83. The quantitative estimate of drug-likeness (QED) is 0.439. The smallest absolute Gasteiger partial charge is 0.166 e. The number of hydrogen-bond acceptors (Lipinski definition) is 2. The van der Waals surface area contributed by atoms with Crippen molar-refractivity contribution in [2.24, 2.45) is 0 Å². The maximum absolute atomic E-state index is 14.9. The van der Waals surface area contributed by atoms with E-state index in [2.05, 4.69) is 0 Å². The molecule has 28 heavy (non-hydrogen) atoms. The number of ketones is 1. The monoisotopic (exact) mass is 415 g/mol. The van der Waals surface area contributed by atoms with Crippen molar-refractivity contribution in [2.45, 2.75) is 38.1 Å². The molecule has 2 aromatic carbocycles. The molecule has 0 unspecified atom stereocenters. The summed E-state index contributed by atoms with van der Waals surface area (Å²) in [5, 5.41) is 0.0822. The van der Waals surface area contributed by atoms with E-state index in [-0.39, 0.29) is 35.5 Å². The van der Waals surface area contributed by atoms with Crippen molar-refractivity contribution in [1.82, 2.24) is 4.90 Å². The van der Waals surface area contributed by atoms with Crippen molar-refractivity contribution in [1.29, 1.82) is 0 Å². The second-order valence-electron chi connectivity index (χ2n) is 7.02. The Morgan fingerprint density at radius 2 is 1.64 bits per heavy atom. The summed E-state index contributed by atoms with van der Waals surface area (Å²) in [6.07, 6.45) is -0.227. The first-order chi connectivity index (χ1) is 13.1. The minimum absolute atomic E-state index is 0.0822. The lowest BCUT2D eigenvalue weighted by molar-refractivity contribution is -0.123. The Morgan fingerprint density at radius 3 is 2.11 bits per heavy atom. The van der Waals surface area contributed by atoms with Crippen molar-refractivity contribution in [3.63, 3.8) is 0 Å². The fourth-order valence-corrected chi connectivity index (χ4v) is 3.73. The van der Waals surface area contributed by atoms with Gasteiger partial charge in [0.05, 0.1) is 5.41 Å². The van der Waals surface area contributed by atoms with Gasteiger partial charge in [-0.3, -0.25) is 4.79 Å². The third-order valence-electron chi connectivity index (χ3n) is 5.15. The van der Waals surface area contributed by atoms with Gasteiger partial charge < -0.3 is 4.90 Å². The largest absolute Gasteiger partial charge is 0.307 e. The maximum Gasteiger partial charge on any atom is 0.166 e. The summed E-state index contributed by atoms with van der Waals surface area (Å²) in [6.45, 7) is 3.28. The topological polar surface area (TPSA) is 20.3 Å². The summed E-state index contributed by atoms with van der Waals surface area (Å²) >= 11 is 6.31. The summed E-state index contributed by atoms with van der Waals surface area (Å²) in [7, 11) is 3.47. The van der Waals surface area contributed by atoms with Crippen LogP contribution in [-0.4, -0.2) is 30.8 Å². The molecule has 152 valence electrons. The van der Waals surface area contributed by atoms with E-state index in [0.717, 1.165) is 0 Å². The normalized spacial score (nSPS) is 14.8. The fraction of sp³-hybridized carbons (Fsp3) is 0.381. The van der Waals surface area contributed by atoms with Gasteiger partial charge in [0.15, 0.2) is 23.3 Å². The predicted octanol–water partition coefficient (Wildman–Crippen LogP) is 5.50. The fourth-order valence-electron chi connectivity index (χ4n) is 3.43. The van der Waals surface area contributed by atoms with Gasteiger partial charge >= 0.3 is 0 Å². The molecule has 0 amide bonds. The Kier molecular flexibility index (Phi) is 6.88. The number of benzene rings is 2. The van der Waals surface area contributed by atoms with Crippen molar-refractivity contribution < 1.29 is 22.4 Å². The lowest BCUT2D eigenvalue weighted by atomic mass is 9.66. The number of carbonyl (C=O) groups is 1. The Morgan fingerprint density at radius 1 is 1.11 bits per heavy atom. The average Bonchev–Trinajstić information content (AvgIpc) is 2.65. The summed E-state index contributed by atoms with van der Waals surface area (Å²) < 4.78 is 58.0. The van der Waals surface area contributed by atoms with Crippen LogP contribution in [0.3, 0.4) is 0 Å². The van der Waals surface area contributed by atoms with E-state index >= 15 is 0 Å². The molecule has 0 saturated heterocycles. The minimum Gasteiger partial charge on any atom is -0.307 e. The van der Waals surface area contributed by atoms with Crippen LogP contribution in [0.25, 0.3) is 0 Å². The molecule has 0 fully saturated rings. The molecule has 2 rings (SSSR count). The Labute approximate surface area is 167 Å². The van der Waals surface area contributed by atoms with Gasteiger partial charge in [-0.05, 0) is 39.1 Å². The van der Waals surface area contributed by atoms with Gasteiger partial charge in [-0.2, -0.15) is 0 Å². The lowest BCUT2D eigenvalue weighted by Gasteiger charge is -2.38. The van der Waals surface area contributed by atoms with Crippen molar-refractivity contribution in [3.05, 3.63) is 69.8 Å². The van der Waals surface area contributed by atoms with Gasteiger partial charge in [-0.25, -0.2) is 17.6 Å². The molecule has 0 aliphatic rings. The molecular formula is C21H22ClF4NO. The molecule has 0 bridgehead atoms. The van der Waals surface area contributed by atoms with Crippen LogP contribution in [0.1, 0.15) is 37.8 Å². The van der Waals surface area contributed by atoms with Gasteiger partial charge in [0.2, 0.25) is 0 Å². The van der Waals surface area contributed by atoms with Crippen LogP contribution in [0.2, 0.25) is 5.02 Å². The van der Waals surface area contributed by atoms with E-state index in [1.165, 1.54) is 19.1 Å². The summed E-state index contributed by atoms with van der Waals surface area (Å²) in [6, 6.07) is 5.86. The highest BCUT2D eigenvalue weighted by molar-refractivity contribution is 6.32. The zero-order valence-electron chi connectivity index (χ0n) is 16.1. The number of halogens is 5. The Balaban J connectivity index is 3.02. The highest BCUT2D eigenvalue weighted by Gasteiger charge is 2.48. The van der Waals surface area contributed by atoms with Crippen LogP contribution < -0.4 is 0 Å². The molecule has 2 nitrogen and oxygen atoms in total. The van der Waals surface area contributed by atoms with Crippen LogP contribution in [0, 0.1) is 23.3 Å². The third-order valence-corrected chi connectivity index (χ3v) is 5.48. The van der Waals surface area contributed by atoms with Crippen LogP contribution in [0.15, 0.2) is 30.3 Å². The molecule has 0 radical (unpaired) electrons. The zero-order valence-corrected chi connectivity index (χ0v) is 16.9. The third kappa shape index (κ3) is 3.80. The number of carbonyl (C=O) groups excluding carboxylic acids is 1. The second kappa shape index (κ2) is 8.62. The van der Waals surface area contributed by atoms with Gasteiger partial charge in [0.25, 0.3) is 0 Å². The maximum atomic E-state index is 14.9. The van der Waals surface area contributed by atoms with E-state index < -0.39 is 40.0 Å². The molecule has 0 aliphatic carbocycles. The lowest BCUT2D eigenvalue weighted by Crippen LogP contribution is -2.44. The van der Waals surface area contributed by atoms with Gasteiger partial charge in [-0.1, -0.05) is 36.7 Å². The highest BCUT2D eigenvalue weighted by atomic mass is 35.5. The second-order valence-corrected chi connectivity index (χ2v) is 7.43. The molecule has 0 saturated carbocycles. The molecule has 0 aliphatic heterocycles. The average molecular weight is 416 g/mol. The van der Waals surface area contributed by atoms with Crippen molar-refractivity contribution in [2.75, 3.05) is 14.1 Å². The van der Waals surface area contributed by atoms with E-state index in [1.54, 1.807) is 38.1 Å². The molecule has 2 aromatic rings. The Bertz CT molecular complexity index is 861. The van der Waals surface area contributed by atoms with Crippen LogP contribution >= 0.6 is 11.6 Å². The van der Waals surface area contributed by atoms with E-state index in [1.807, 2.05) is 0 Å². The van der Waals surface area contributed by atoms with Gasteiger partial charge in [0, 0.05) is 29.1 Å². The number of nitrogens with zero attached hydrogens (tertiary/aromatic N) is 1. The van der Waals surface area contributed by atoms with Crippen molar-refractivity contribution in [3.8, 4) is 0 Å². The number of rotatable bonds is 7. The minimum atomic E-state index is -1.99. The molecule has 0 spiro atoms. The summed E-state index contributed by atoms with van der Waals surface area (Å²) in [4.78, 5) is 15.0. The van der Waals surface area contributed by atoms with Crippen LogP contribution in [0.4, 0.5) is 17.6 Å². The van der Waals surface area contributed by atoms with E-state index in [4.69, 9.17) is 11.6 Å². The van der Waals surface area contributed by atoms with Gasteiger partial charge in [-0.15, -0.1) is 0 Å². The van der Waals surface area contributed by atoms with E-state index in [9.17, 15) is 22.4 Å². The predicted molar refractivity (Wildman–Crippen MR) is 102 cm³/mol. The number of Topliss-reactive ketones (excluding diaryl/α,β-unsaturated/α-hetero) is 1. The molecule has 0 N–H and O–H groups in total. The van der Waals surface area contributed by atoms with Gasteiger partial charge in [0.1, 0.15) is 5.78 Å². The molecular weight excluding hydrogens is 394 g/mol. The number of hydrogen-bond donors (Lipinski definition) is 0. The summed E-state index contributed by atoms with van der Waals surface area (Å²) in [5.74, 6) is -6.89. The molecule has 7 heteroatoms. The standard InChI is InChI=1S/C21H22ClF4NO/c1-5-17(28)21(11-12(2)27(3)4,13-8-6-7-9-14(13)22)18-19(25)15(23)10-16(24)20(18)26/h6-10,12H,5,11H2,1-4H3/t12-,21+/m0/s1. The van der Waals surface area contributed by atoms with E-state index in [0.29, 0.717) is 0 Å². The Hall–Kier alpha value is -1.92. The first-order valence-corrected chi connectivity index (χ1v) is 9.23. The van der Waals surface area contributed by atoms with Crippen LogP contribution in [-0.2, 0) is 10.2 Å².